The second-order valence-corrected chi connectivity index (χ2v) is 5.62. The average Bonchev–Trinajstić information content (AvgIpc) is 2.83. The number of benzene rings is 2. The van der Waals surface area contributed by atoms with Crippen LogP contribution in [0.15, 0.2) is 51.4 Å². The number of Topliss-reactive ketones (excluding diaryl/α,β-unsaturated/α-hetero) is 1. The number of carbonyl (C=O) groups excluding carboxylic acids is 1. The van der Waals surface area contributed by atoms with E-state index in [4.69, 9.17) is 16.0 Å². The Morgan fingerprint density at radius 3 is 2.85 bits per heavy atom. The summed E-state index contributed by atoms with van der Waals surface area (Å²) in [5.74, 6) is 0.273. The summed E-state index contributed by atoms with van der Waals surface area (Å²) in [4.78, 5) is 16.5. The summed E-state index contributed by atoms with van der Waals surface area (Å²) in [5.41, 5.74) is 1.88. The van der Waals surface area contributed by atoms with Crippen LogP contribution < -0.4 is 0 Å². The molecule has 2 aromatic carbocycles. The molecule has 0 aliphatic heterocycles. The Morgan fingerprint density at radius 2 is 2.05 bits per heavy atom. The maximum Gasteiger partial charge on any atom is 0.203 e. The molecule has 3 rings (SSSR count). The Morgan fingerprint density at radius 1 is 1.25 bits per heavy atom. The standard InChI is InChI=1S/C15H9BrClNO2/c16-9-5-6-11(17)10(7-9)13(19)8-15-18-12-3-1-2-4-14(12)20-15/h1-7H,8H2. The third kappa shape index (κ3) is 2.62. The van der Waals surface area contributed by atoms with Gasteiger partial charge in [-0.2, -0.15) is 0 Å². The lowest BCUT2D eigenvalue weighted by Gasteiger charge is -2.02. The molecule has 0 saturated carbocycles. The molecule has 0 saturated heterocycles. The summed E-state index contributed by atoms with van der Waals surface area (Å²) >= 11 is 9.37. The number of fused-ring (bicyclic) bond motifs is 1. The van der Waals surface area contributed by atoms with E-state index < -0.39 is 0 Å². The second-order valence-electron chi connectivity index (χ2n) is 4.30. The zero-order chi connectivity index (χ0) is 14.1. The molecule has 0 atom stereocenters. The molecule has 0 aliphatic rings. The summed E-state index contributed by atoms with van der Waals surface area (Å²) < 4.78 is 6.35. The van der Waals surface area contributed by atoms with Crippen LogP contribution in [0, 0.1) is 0 Å². The van der Waals surface area contributed by atoms with E-state index >= 15 is 0 Å². The predicted octanol–water partition coefficient (Wildman–Crippen LogP) is 4.67. The van der Waals surface area contributed by atoms with Crippen molar-refractivity contribution in [1.82, 2.24) is 4.98 Å². The Kier molecular flexibility index (Phi) is 3.59. The zero-order valence-electron chi connectivity index (χ0n) is 10.3. The van der Waals surface area contributed by atoms with Crippen LogP contribution in [0.1, 0.15) is 16.2 Å². The number of rotatable bonds is 3. The van der Waals surface area contributed by atoms with Gasteiger partial charge in [0.25, 0.3) is 0 Å². The molecule has 0 aliphatic carbocycles. The Balaban J connectivity index is 1.90. The van der Waals surface area contributed by atoms with E-state index in [1.165, 1.54) is 0 Å². The van der Waals surface area contributed by atoms with E-state index in [-0.39, 0.29) is 12.2 Å². The fourth-order valence-electron chi connectivity index (χ4n) is 1.94. The van der Waals surface area contributed by atoms with Crippen LogP contribution in [0.5, 0.6) is 0 Å². The zero-order valence-corrected chi connectivity index (χ0v) is 12.6. The van der Waals surface area contributed by atoms with Gasteiger partial charge in [0.2, 0.25) is 5.89 Å². The summed E-state index contributed by atoms with van der Waals surface area (Å²) in [7, 11) is 0. The van der Waals surface area contributed by atoms with E-state index in [1.54, 1.807) is 18.2 Å². The lowest BCUT2D eigenvalue weighted by atomic mass is 10.1. The number of carbonyl (C=O) groups is 1. The molecule has 0 spiro atoms. The van der Waals surface area contributed by atoms with Crippen molar-refractivity contribution in [3.8, 4) is 0 Å². The van der Waals surface area contributed by atoms with Crippen molar-refractivity contribution in [3.63, 3.8) is 0 Å². The van der Waals surface area contributed by atoms with Gasteiger partial charge in [-0.25, -0.2) is 4.98 Å². The minimum absolute atomic E-state index is 0.0881. The van der Waals surface area contributed by atoms with Crippen molar-refractivity contribution in [2.45, 2.75) is 6.42 Å². The van der Waals surface area contributed by atoms with Crippen molar-refractivity contribution in [2.75, 3.05) is 0 Å². The normalized spacial score (nSPS) is 10.9. The van der Waals surface area contributed by atoms with Gasteiger partial charge in [-0.3, -0.25) is 4.79 Å². The Bertz CT molecular complexity index is 764. The summed E-state index contributed by atoms with van der Waals surface area (Å²) in [6, 6.07) is 12.6. The number of aromatic nitrogens is 1. The highest BCUT2D eigenvalue weighted by molar-refractivity contribution is 9.10. The lowest BCUT2D eigenvalue weighted by Crippen LogP contribution is -2.04. The van der Waals surface area contributed by atoms with Gasteiger partial charge in [-0.05, 0) is 30.3 Å². The topological polar surface area (TPSA) is 43.1 Å². The molecule has 0 N–H and O–H groups in total. The molecular formula is C15H9BrClNO2. The summed E-state index contributed by atoms with van der Waals surface area (Å²) in [6.45, 7) is 0. The maximum atomic E-state index is 12.3. The van der Waals surface area contributed by atoms with Crippen molar-refractivity contribution in [2.24, 2.45) is 0 Å². The summed E-state index contributed by atoms with van der Waals surface area (Å²) in [5, 5.41) is 0.425. The Hall–Kier alpha value is -1.65. The first kappa shape index (κ1) is 13.3. The van der Waals surface area contributed by atoms with Crippen molar-refractivity contribution >= 4 is 44.4 Å². The van der Waals surface area contributed by atoms with Gasteiger partial charge in [0.15, 0.2) is 11.4 Å². The number of hydrogen-bond acceptors (Lipinski definition) is 3. The predicted molar refractivity (Wildman–Crippen MR) is 81.2 cm³/mol. The van der Waals surface area contributed by atoms with Crippen molar-refractivity contribution in [3.05, 3.63) is 63.4 Å². The van der Waals surface area contributed by atoms with Gasteiger partial charge in [0.1, 0.15) is 5.52 Å². The van der Waals surface area contributed by atoms with Crippen LogP contribution in [0.2, 0.25) is 5.02 Å². The van der Waals surface area contributed by atoms with E-state index in [1.807, 2.05) is 24.3 Å². The van der Waals surface area contributed by atoms with Gasteiger partial charge < -0.3 is 4.42 Å². The molecule has 0 unspecified atom stereocenters. The van der Waals surface area contributed by atoms with Crippen molar-refractivity contribution in [1.29, 1.82) is 0 Å². The number of halogens is 2. The number of hydrogen-bond donors (Lipinski definition) is 0. The highest BCUT2D eigenvalue weighted by Crippen LogP contribution is 2.23. The highest BCUT2D eigenvalue weighted by Gasteiger charge is 2.15. The maximum absolute atomic E-state index is 12.3. The van der Waals surface area contributed by atoms with Crippen molar-refractivity contribution < 1.29 is 9.21 Å². The second kappa shape index (κ2) is 5.38. The minimum atomic E-state index is -0.122. The molecule has 0 fully saturated rings. The van der Waals surface area contributed by atoms with E-state index in [9.17, 15) is 4.79 Å². The number of ketones is 1. The fraction of sp³-hybridized carbons (Fsp3) is 0.0667. The van der Waals surface area contributed by atoms with E-state index in [0.717, 1.165) is 9.99 Å². The van der Waals surface area contributed by atoms with E-state index in [2.05, 4.69) is 20.9 Å². The van der Waals surface area contributed by atoms with Gasteiger partial charge in [0.05, 0.1) is 11.4 Å². The molecule has 20 heavy (non-hydrogen) atoms. The van der Waals surface area contributed by atoms with Gasteiger partial charge in [-0.15, -0.1) is 0 Å². The van der Waals surface area contributed by atoms with E-state index in [0.29, 0.717) is 22.1 Å². The summed E-state index contributed by atoms with van der Waals surface area (Å²) in [6.07, 6.45) is 0.0881. The molecule has 0 bridgehead atoms. The number of nitrogens with zero attached hydrogens (tertiary/aromatic N) is 1. The molecule has 3 aromatic rings. The fourth-order valence-corrected chi connectivity index (χ4v) is 2.52. The largest absolute Gasteiger partial charge is 0.440 e. The number of para-hydroxylation sites is 2. The van der Waals surface area contributed by atoms with Gasteiger partial charge in [-0.1, -0.05) is 39.7 Å². The third-order valence-corrected chi connectivity index (χ3v) is 3.70. The molecule has 0 amide bonds. The molecule has 5 heteroatoms. The number of oxazole rings is 1. The molecular weight excluding hydrogens is 342 g/mol. The average molecular weight is 351 g/mol. The monoisotopic (exact) mass is 349 g/mol. The molecule has 1 heterocycles. The minimum Gasteiger partial charge on any atom is -0.440 e. The van der Waals surface area contributed by atoms with Crippen LogP contribution in [0.4, 0.5) is 0 Å². The molecule has 1 aromatic heterocycles. The molecule has 100 valence electrons. The first-order valence-electron chi connectivity index (χ1n) is 5.96. The van der Waals surface area contributed by atoms with Gasteiger partial charge in [0, 0.05) is 10.0 Å². The quantitative estimate of drug-likeness (QED) is 0.645. The molecule has 0 radical (unpaired) electrons. The first-order chi connectivity index (χ1) is 9.63. The third-order valence-electron chi connectivity index (χ3n) is 2.88. The molecule has 3 nitrogen and oxygen atoms in total. The highest BCUT2D eigenvalue weighted by atomic mass is 79.9. The van der Waals surface area contributed by atoms with Crippen LogP contribution in [-0.2, 0) is 6.42 Å². The van der Waals surface area contributed by atoms with Crippen LogP contribution in [-0.4, -0.2) is 10.8 Å². The smallest absolute Gasteiger partial charge is 0.203 e. The van der Waals surface area contributed by atoms with Gasteiger partial charge >= 0.3 is 0 Å². The Labute approximate surface area is 128 Å². The van der Waals surface area contributed by atoms with Crippen LogP contribution in [0.3, 0.4) is 0 Å². The van der Waals surface area contributed by atoms with Crippen LogP contribution >= 0.6 is 27.5 Å². The lowest BCUT2D eigenvalue weighted by molar-refractivity contribution is 0.0986. The SMILES string of the molecule is O=C(Cc1nc2ccccc2o1)c1cc(Br)ccc1Cl. The first-order valence-corrected chi connectivity index (χ1v) is 7.13. The van der Waals surface area contributed by atoms with Crippen LogP contribution in [0.25, 0.3) is 11.1 Å².